The van der Waals surface area contributed by atoms with Crippen LogP contribution in [0.2, 0.25) is 18.1 Å². The molecule has 0 aliphatic heterocycles. The predicted molar refractivity (Wildman–Crippen MR) is 85.7 cm³/mol. The van der Waals surface area contributed by atoms with Gasteiger partial charge in [0.05, 0.1) is 0 Å². The Morgan fingerprint density at radius 2 is 1.44 bits per heavy atom. The standard InChI is InChI=1S/C16H36OSi/c1-10-11-12-13-14(15(2,3)4)17-18(8,9)16(5,6)7/h14H,10-13H2,1-9H3/t14-/m0/s1. The van der Waals surface area contributed by atoms with Crippen LogP contribution >= 0.6 is 0 Å². The fourth-order valence-corrected chi connectivity index (χ4v) is 3.32. The molecule has 0 aliphatic rings. The van der Waals surface area contributed by atoms with Crippen LogP contribution in [0.3, 0.4) is 0 Å². The van der Waals surface area contributed by atoms with Crippen LogP contribution in [-0.2, 0) is 4.43 Å². The first-order valence-electron chi connectivity index (χ1n) is 7.59. The Labute approximate surface area is 117 Å². The van der Waals surface area contributed by atoms with Crippen molar-refractivity contribution in [1.29, 1.82) is 0 Å². The lowest BCUT2D eigenvalue weighted by Gasteiger charge is -2.43. The first-order valence-corrected chi connectivity index (χ1v) is 10.5. The Kier molecular flexibility index (Phi) is 6.62. The lowest BCUT2D eigenvalue weighted by Crippen LogP contribution is -2.47. The minimum Gasteiger partial charge on any atom is -0.413 e. The van der Waals surface area contributed by atoms with E-state index in [2.05, 4.69) is 61.6 Å². The van der Waals surface area contributed by atoms with E-state index in [0.29, 0.717) is 11.1 Å². The Morgan fingerprint density at radius 3 is 1.78 bits per heavy atom. The summed E-state index contributed by atoms with van der Waals surface area (Å²) < 4.78 is 6.65. The first-order chi connectivity index (χ1) is 7.92. The van der Waals surface area contributed by atoms with Gasteiger partial charge in [0.15, 0.2) is 8.32 Å². The van der Waals surface area contributed by atoms with Crippen LogP contribution in [0.1, 0.15) is 74.1 Å². The number of rotatable bonds is 6. The fraction of sp³-hybridized carbons (Fsp3) is 1.00. The van der Waals surface area contributed by atoms with Gasteiger partial charge in [-0.3, -0.25) is 0 Å². The van der Waals surface area contributed by atoms with E-state index < -0.39 is 8.32 Å². The van der Waals surface area contributed by atoms with Crippen LogP contribution < -0.4 is 0 Å². The van der Waals surface area contributed by atoms with Crippen molar-refractivity contribution in [1.82, 2.24) is 0 Å². The Balaban J connectivity index is 4.70. The molecule has 0 aliphatic carbocycles. The van der Waals surface area contributed by atoms with Crippen molar-refractivity contribution in [2.24, 2.45) is 5.41 Å². The molecule has 0 rings (SSSR count). The molecular weight excluding hydrogens is 236 g/mol. The van der Waals surface area contributed by atoms with Crippen molar-refractivity contribution in [3.63, 3.8) is 0 Å². The quantitative estimate of drug-likeness (QED) is 0.425. The number of unbranched alkanes of at least 4 members (excludes halogenated alkanes) is 2. The van der Waals surface area contributed by atoms with E-state index >= 15 is 0 Å². The molecule has 0 bridgehead atoms. The van der Waals surface area contributed by atoms with Gasteiger partial charge in [0.1, 0.15) is 0 Å². The maximum Gasteiger partial charge on any atom is 0.192 e. The smallest absolute Gasteiger partial charge is 0.192 e. The van der Waals surface area contributed by atoms with Gasteiger partial charge in [-0.05, 0) is 30.0 Å². The summed E-state index contributed by atoms with van der Waals surface area (Å²) >= 11 is 0. The summed E-state index contributed by atoms with van der Waals surface area (Å²) in [6, 6.07) is 0. The van der Waals surface area contributed by atoms with Crippen LogP contribution in [0.25, 0.3) is 0 Å². The van der Waals surface area contributed by atoms with Crippen molar-refractivity contribution in [3.05, 3.63) is 0 Å². The second kappa shape index (κ2) is 6.56. The number of hydrogen-bond donors (Lipinski definition) is 0. The van der Waals surface area contributed by atoms with Gasteiger partial charge in [-0.1, -0.05) is 67.7 Å². The Bertz CT molecular complexity index is 232. The molecule has 1 nitrogen and oxygen atoms in total. The highest BCUT2D eigenvalue weighted by atomic mass is 28.4. The average Bonchev–Trinajstić information content (AvgIpc) is 2.13. The van der Waals surface area contributed by atoms with E-state index in [-0.39, 0.29) is 5.41 Å². The van der Waals surface area contributed by atoms with Crippen molar-refractivity contribution in [2.75, 3.05) is 0 Å². The van der Waals surface area contributed by atoms with E-state index in [1.165, 1.54) is 25.7 Å². The normalized spacial score (nSPS) is 15.8. The van der Waals surface area contributed by atoms with Gasteiger partial charge in [-0.15, -0.1) is 0 Å². The minimum atomic E-state index is -1.64. The molecule has 2 heteroatoms. The van der Waals surface area contributed by atoms with E-state index in [0.717, 1.165) is 0 Å². The topological polar surface area (TPSA) is 9.23 Å². The summed E-state index contributed by atoms with van der Waals surface area (Å²) in [5, 5.41) is 0.307. The van der Waals surface area contributed by atoms with Gasteiger partial charge in [-0.25, -0.2) is 0 Å². The molecule has 0 aromatic carbocycles. The van der Waals surface area contributed by atoms with Gasteiger partial charge in [0, 0.05) is 6.10 Å². The lowest BCUT2D eigenvalue weighted by atomic mass is 9.86. The molecule has 0 amide bonds. The zero-order chi connectivity index (χ0) is 14.6. The van der Waals surface area contributed by atoms with Gasteiger partial charge >= 0.3 is 0 Å². The fourth-order valence-electron chi connectivity index (χ4n) is 1.78. The SMILES string of the molecule is CCCCC[C@H](O[Si](C)(C)C(C)(C)C)C(C)(C)C. The Hall–Kier alpha value is 0.177. The molecule has 0 saturated carbocycles. The molecule has 1 atom stereocenters. The molecule has 0 N–H and O–H groups in total. The van der Waals surface area contributed by atoms with E-state index in [1.54, 1.807) is 0 Å². The van der Waals surface area contributed by atoms with Gasteiger partial charge < -0.3 is 4.43 Å². The molecule has 0 aromatic heterocycles. The van der Waals surface area contributed by atoms with Crippen LogP contribution in [0.4, 0.5) is 0 Å². The van der Waals surface area contributed by atoms with Crippen LogP contribution in [0.15, 0.2) is 0 Å². The summed E-state index contributed by atoms with van der Waals surface area (Å²) in [6.45, 7) is 20.9. The van der Waals surface area contributed by atoms with Crippen LogP contribution in [-0.4, -0.2) is 14.4 Å². The van der Waals surface area contributed by atoms with Crippen molar-refractivity contribution in [2.45, 2.75) is 98.4 Å². The van der Waals surface area contributed by atoms with E-state index in [9.17, 15) is 0 Å². The molecule has 110 valence electrons. The minimum absolute atomic E-state index is 0.253. The summed E-state index contributed by atoms with van der Waals surface area (Å²) in [6.07, 6.45) is 5.53. The van der Waals surface area contributed by atoms with E-state index in [4.69, 9.17) is 4.43 Å². The summed E-state index contributed by atoms with van der Waals surface area (Å²) in [5.41, 5.74) is 0.253. The third kappa shape index (κ3) is 5.88. The van der Waals surface area contributed by atoms with Gasteiger partial charge in [0.25, 0.3) is 0 Å². The van der Waals surface area contributed by atoms with E-state index in [1.807, 2.05) is 0 Å². The van der Waals surface area contributed by atoms with Crippen LogP contribution in [0, 0.1) is 5.41 Å². The molecule has 0 unspecified atom stereocenters. The molecule has 18 heavy (non-hydrogen) atoms. The average molecular weight is 273 g/mol. The maximum absolute atomic E-state index is 6.65. The van der Waals surface area contributed by atoms with Crippen LogP contribution in [0.5, 0.6) is 0 Å². The van der Waals surface area contributed by atoms with Crippen molar-refractivity contribution < 1.29 is 4.43 Å². The maximum atomic E-state index is 6.65. The molecule has 0 fully saturated rings. The molecule has 0 aromatic rings. The summed E-state index contributed by atoms with van der Waals surface area (Å²) in [7, 11) is -1.64. The summed E-state index contributed by atoms with van der Waals surface area (Å²) in [4.78, 5) is 0. The predicted octanol–water partition coefficient (Wildman–Crippen LogP) is 6.00. The molecular formula is C16H36OSi. The molecule has 0 saturated heterocycles. The van der Waals surface area contributed by atoms with Gasteiger partial charge in [0.2, 0.25) is 0 Å². The highest BCUT2D eigenvalue weighted by Gasteiger charge is 2.41. The first kappa shape index (κ1) is 18.2. The largest absolute Gasteiger partial charge is 0.413 e. The van der Waals surface area contributed by atoms with Gasteiger partial charge in [-0.2, -0.15) is 0 Å². The Morgan fingerprint density at radius 1 is 0.944 bits per heavy atom. The zero-order valence-electron chi connectivity index (χ0n) is 14.3. The summed E-state index contributed by atoms with van der Waals surface area (Å²) in [5.74, 6) is 0. The lowest BCUT2D eigenvalue weighted by molar-refractivity contribution is 0.0632. The third-order valence-corrected chi connectivity index (χ3v) is 8.77. The highest BCUT2D eigenvalue weighted by molar-refractivity contribution is 6.74. The molecule has 0 spiro atoms. The van der Waals surface area contributed by atoms with Crippen molar-refractivity contribution >= 4 is 8.32 Å². The number of hydrogen-bond acceptors (Lipinski definition) is 1. The molecule has 0 radical (unpaired) electrons. The monoisotopic (exact) mass is 272 g/mol. The second-order valence-corrected chi connectivity index (χ2v) is 13.0. The highest BCUT2D eigenvalue weighted by Crippen LogP contribution is 2.40. The zero-order valence-corrected chi connectivity index (χ0v) is 15.3. The molecule has 0 heterocycles. The third-order valence-electron chi connectivity index (χ3n) is 4.28. The van der Waals surface area contributed by atoms with Crippen molar-refractivity contribution in [3.8, 4) is 0 Å². The second-order valence-electron chi connectivity index (χ2n) is 8.23.